The Kier molecular flexibility index (Phi) is 5.65. The molecule has 3 aromatic rings. The molecule has 0 aliphatic carbocycles. The minimum Gasteiger partial charge on any atom is -0.507 e. The minimum absolute atomic E-state index is 0.169. The Hall–Kier alpha value is -2.86. The summed E-state index contributed by atoms with van der Waals surface area (Å²) in [6.45, 7) is 5.94. The Bertz CT molecular complexity index is 1200. The van der Waals surface area contributed by atoms with Gasteiger partial charge in [0.25, 0.3) is 0 Å². The van der Waals surface area contributed by atoms with Crippen molar-refractivity contribution in [2.45, 2.75) is 27.7 Å². The van der Waals surface area contributed by atoms with Crippen LogP contribution in [-0.2, 0) is 4.57 Å². The molecule has 0 heterocycles. The van der Waals surface area contributed by atoms with Crippen molar-refractivity contribution < 1.29 is 36.7 Å². The van der Waals surface area contributed by atoms with Gasteiger partial charge in [-0.1, -0.05) is 12.1 Å². The summed E-state index contributed by atoms with van der Waals surface area (Å²) in [6, 6.07) is 5.25. The van der Waals surface area contributed by atoms with Gasteiger partial charge in [0, 0.05) is 0 Å². The highest BCUT2D eigenvalue weighted by atomic mass is 31.2. The first-order chi connectivity index (χ1) is 14.3. The number of phenols is 2. The van der Waals surface area contributed by atoms with Gasteiger partial charge in [-0.15, -0.1) is 0 Å². The zero-order valence-corrected chi connectivity index (χ0v) is 17.8. The molecule has 0 aromatic heterocycles. The Balaban J connectivity index is 2.65. The van der Waals surface area contributed by atoms with Gasteiger partial charge >= 0.3 is 0 Å². The van der Waals surface area contributed by atoms with E-state index < -0.39 is 63.6 Å². The maximum absolute atomic E-state index is 14.9. The number of hydrogen-bond acceptors (Lipinski definition) is 3. The fraction of sp³-hybridized carbons (Fsp3) is 0.182. The van der Waals surface area contributed by atoms with Gasteiger partial charge in [-0.2, -0.15) is 0 Å². The van der Waals surface area contributed by atoms with E-state index in [4.69, 9.17) is 0 Å². The molecule has 3 rings (SSSR count). The van der Waals surface area contributed by atoms with E-state index >= 15 is 0 Å². The molecule has 0 aliphatic rings. The van der Waals surface area contributed by atoms with Gasteiger partial charge in [0.2, 0.25) is 5.82 Å². The van der Waals surface area contributed by atoms with Crippen LogP contribution in [-0.4, -0.2) is 10.2 Å². The van der Waals surface area contributed by atoms with E-state index in [1.54, 1.807) is 13.8 Å². The van der Waals surface area contributed by atoms with Crippen LogP contribution < -0.4 is 15.9 Å². The second kappa shape index (κ2) is 7.68. The predicted octanol–water partition coefficient (Wildman–Crippen LogP) is 4.67. The van der Waals surface area contributed by atoms with Crippen LogP contribution in [0.4, 0.5) is 22.0 Å². The summed E-state index contributed by atoms with van der Waals surface area (Å²) in [5.74, 6) is -12.8. The molecule has 3 nitrogen and oxygen atoms in total. The van der Waals surface area contributed by atoms with Crippen molar-refractivity contribution in [1.82, 2.24) is 0 Å². The van der Waals surface area contributed by atoms with Crippen LogP contribution >= 0.6 is 7.14 Å². The molecule has 31 heavy (non-hydrogen) atoms. The van der Waals surface area contributed by atoms with Gasteiger partial charge < -0.3 is 14.8 Å². The van der Waals surface area contributed by atoms with Crippen molar-refractivity contribution in [3.63, 3.8) is 0 Å². The Labute approximate surface area is 175 Å². The molecule has 0 saturated heterocycles. The van der Waals surface area contributed by atoms with Crippen molar-refractivity contribution >= 4 is 23.1 Å². The Morgan fingerprint density at radius 2 is 0.935 bits per heavy atom. The molecule has 0 saturated carbocycles. The molecule has 0 bridgehead atoms. The van der Waals surface area contributed by atoms with Crippen molar-refractivity contribution in [3.05, 3.63) is 75.6 Å². The van der Waals surface area contributed by atoms with E-state index in [1.165, 1.54) is 26.0 Å². The summed E-state index contributed by atoms with van der Waals surface area (Å²) in [4.78, 5) is 0. The number of halogens is 5. The molecular weight excluding hydrogens is 438 g/mol. The van der Waals surface area contributed by atoms with Crippen LogP contribution in [0.25, 0.3) is 0 Å². The van der Waals surface area contributed by atoms with E-state index in [0.717, 1.165) is 12.1 Å². The van der Waals surface area contributed by atoms with Crippen LogP contribution in [0.3, 0.4) is 0 Å². The first-order valence-corrected chi connectivity index (χ1v) is 10.8. The van der Waals surface area contributed by atoms with Gasteiger partial charge in [0.05, 0.1) is 15.9 Å². The van der Waals surface area contributed by atoms with Crippen molar-refractivity contribution in [3.8, 4) is 11.5 Å². The third kappa shape index (κ3) is 3.39. The second-order valence-corrected chi connectivity index (χ2v) is 10.1. The lowest BCUT2D eigenvalue weighted by molar-refractivity contribution is 0.384. The van der Waals surface area contributed by atoms with E-state index in [-0.39, 0.29) is 11.1 Å². The lowest BCUT2D eigenvalue weighted by atomic mass is 10.1. The van der Waals surface area contributed by atoms with Crippen molar-refractivity contribution in [2.75, 3.05) is 0 Å². The number of phenolic OH excluding ortho intramolecular Hbond substituents is 2. The highest BCUT2D eigenvalue weighted by molar-refractivity contribution is 7.85. The number of aromatic hydroxyl groups is 2. The van der Waals surface area contributed by atoms with Gasteiger partial charge in [0.1, 0.15) is 11.5 Å². The monoisotopic (exact) mass is 456 g/mol. The van der Waals surface area contributed by atoms with E-state index in [0.29, 0.717) is 11.1 Å². The van der Waals surface area contributed by atoms with Crippen LogP contribution in [0, 0.1) is 56.8 Å². The van der Waals surface area contributed by atoms with Gasteiger partial charge in [-0.25, -0.2) is 22.0 Å². The Morgan fingerprint density at radius 3 is 1.29 bits per heavy atom. The number of benzene rings is 3. The maximum atomic E-state index is 14.9. The SMILES string of the molecule is Cc1cc(C)c(O)c(P(=O)(c2cc(C)cc(C)c2O)c2c(F)c(F)c(F)c(F)c2F)c1. The normalized spacial score (nSPS) is 11.8. The minimum atomic E-state index is -5.01. The van der Waals surface area contributed by atoms with Crippen LogP contribution in [0.15, 0.2) is 24.3 Å². The van der Waals surface area contributed by atoms with E-state index in [1.807, 2.05) is 0 Å². The quantitative estimate of drug-likeness (QED) is 0.261. The fourth-order valence-corrected chi connectivity index (χ4v) is 6.81. The summed E-state index contributed by atoms with van der Waals surface area (Å²) in [6.07, 6.45) is 0. The van der Waals surface area contributed by atoms with Crippen LogP contribution in [0.2, 0.25) is 0 Å². The average molecular weight is 456 g/mol. The second-order valence-electron chi connectivity index (χ2n) is 7.43. The third-order valence-electron chi connectivity index (χ3n) is 5.03. The fourth-order valence-electron chi connectivity index (χ4n) is 3.60. The molecule has 0 radical (unpaired) electrons. The molecule has 0 spiro atoms. The summed E-state index contributed by atoms with van der Waals surface area (Å²) in [5, 5.41) is 18.5. The first-order valence-electron chi connectivity index (χ1n) is 9.05. The standard InChI is InChI=1S/C22H18F5O3P/c1-9-5-11(3)20(28)13(7-9)31(30,14-8-10(2)6-12(4)21(14)29)22-18(26)16(24)15(23)17(25)19(22)27/h5-8,28-29H,1-4H3. The number of hydrogen-bond donors (Lipinski definition) is 2. The van der Waals surface area contributed by atoms with Crippen molar-refractivity contribution in [1.29, 1.82) is 0 Å². The highest BCUT2D eigenvalue weighted by Crippen LogP contribution is 2.50. The molecule has 0 fully saturated rings. The maximum Gasteiger partial charge on any atom is 0.200 e. The Morgan fingerprint density at radius 1 is 0.613 bits per heavy atom. The largest absolute Gasteiger partial charge is 0.507 e. The molecule has 2 N–H and O–H groups in total. The summed E-state index contributed by atoms with van der Waals surface area (Å²) in [7, 11) is -5.01. The lowest BCUT2D eigenvalue weighted by Gasteiger charge is -2.25. The van der Waals surface area contributed by atoms with E-state index in [2.05, 4.69) is 0 Å². The predicted molar refractivity (Wildman–Crippen MR) is 108 cm³/mol. The number of rotatable bonds is 3. The average Bonchev–Trinajstić information content (AvgIpc) is 2.70. The molecule has 0 atom stereocenters. The lowest BCUT2D eigenvalue weighted by Crippen LogP contribution is -2.33. The topological polar surface area (TPSA) is 57.5 Å². The highest BCUT2D eigenvalue weighted by Gasteiger charge is 2.43. The van der Waals surface area contributed by atoms with Crippen molar-refractivity contribution in [2.24, 2.45) is 0 Å². The molecule has 164 valence electrons. The summed E-state index contributed by atoms with van der Waals surface area (Å²) < 4.78 is 86.1. The van der Waals surface area contributed by atoms with Gasteiger partial charge in [-0.3, -0.25) is 0 Å². The molecular formula is C22H18F5O3P. The van der Waals surface area contributed by atoms with Crippen LogP contribution in [0.1, 0.15) is 22.3 Å². The number of aryl methyl sites for hydroxylation is 4. The zero-order valence-electron chi connectivity index (χ0n) is 16.9. The third-order valence-corrected chi connectivity index (χ3v) is 8.09. The smallest absolute Gasteiger partial charge is 0.200 e. The molecule has 0 aliphatic heterocycles. The van der Waals surface area contributed by atoms with E-state index in [9.17, 15) is 36.7 Å². The molecule has 9 heteroatoms. The van der Waals surface area contributed by atoms with Gasteiger partial charge in [-0.05, 0) is 62.1 Å². The summed E-state index contributed by atoms with van der Waals surface area (Å²) in [5.41, 5.74) is 1.17. The molecule has 3 aromatic carbocycles. The summed E-state index contributed by atoms with van der Waals surface area (Å²) >= 11 is 0. The van der Waals surface area contributed by atoms with Gasteiger partial charge in [0.15, 0.2) is 30.4 Å². The first kappa shape index (κ1) is 22.8. The zero-order chi connectivity index (χ0) is 23.4. The molecule has 0 unspecified atom stereocenters. The molecule has 0 amide bonds. The van der Waals surface area contributed by atoms with Crippen LogP contribution in [0.5, 0.6) is 11.5 Å².